The molecule has 0 bridgehead atoms. The number of nitrogens with zero attached hydrogens (tertiary/aromatic N) is 3. The van der Waals surface area contributed by atoms with Gasteiger partial charge in [0.05, 0.1) is 16.8 Å². The van der Waals surface area contributed by atoms with E-state index in [9.17, 15) is 13.2 Å². The Hall–Kier alpha value is -1.19. The van der Waals surface area contributed by atoms with Gasteiger partial charge in [0.15, 0.2) is 20.8 Å². The van der Waals surface area contributed by atoms with Crippen molar-refractivity contribution in [2.75, 3.05) is 11.5 Å². The summed E-state index contributed by atoms with van der Waals surface area (Å²) in [6, 6.07) is 7.25. The fourth-order valence-corrected chi connectivity index (χ4v) is 5.75. The largest absolute Gasteiger partial charge is 0.309 e. The Balaban J connectivity index is 1.73. The number of sulfone groups is 1. The zero-order valence-electron chi connectivity index (χ0n) is 13.8. The molecule has 0 spiro atoms. The summed E-state index contributed by atoms with van der Waals surface area (Å²) < 4.78 is 26.1. The third kappa shape index (κ3) is 4.15. The number of thioether (sulfide) groups is 1. The summed E-state index contributed by atoms with van der Waals surface area (Å²) in [5.74, 6) is 0.898. The fourth-order valence-electron chi connectivity index (χ4n) is 2.84. The molecule has 1 aromatic carbocycles. The molecule has 1 aliphatic rings. The quantitative estimate of drug-likeness (QED) is 0.521. The smallest absolute Gasteiger partial charge is 0.191 e. The van der Waals surface area contributed by atoms with Crippen molar-refractivity contribution in [2.24, 2.45) is 7.05 Å². The summed E-state index contributed by atoms with van der Waals surface area (Å²) in [4.78, 5) is 12.5. The average molecular weight is 444 g/mol. The Kier molecular flexibility index (Phi) is 5.36. The van der Waals surface area contributed by atoms with Crippen molar-refractivity contribution in [1.82, 2.24) is 14.8 Å². The highest BCUT2D eigenvalue weighted by Crippen LogP contribution is 2.31. The monoisotopic (exact) mass is 443 g/mol. The van der Waals surface area contributed by atoms with Crippen LogP contribution in [0.5, 0.6) is 0 Å². The molecule has 134 valence electrons. The number of hydrogen-bond acceptors (Lipinski definition) is 6. The van der Waals surface area contributed by atoms with Crippen LogP contribution >= 0.6 is 27.7 Å². The maximum atomic E-state index is 12.5. The summed E-state index contributed by atoms with van der Waals surface area (Å²) in [6.45, 7) is 1.84. The number of carbonyl (C=O) groups is 1. The summed E-state index contributed by atoms with van der Waals surface area (Å²) in [5, 5.41) is 8.64. The lowest BCUT2D eigenvalue weighted by molar-refractivity contribution is 0.0994. The molecule has 3 rings (SSSR count). The maximum Gasteiger partial charge on any atom is 0.191 e. The normalized spacial score (nSPS) is 20.5. The van der Waals surface area contributed by atoms with Gasteiger partial charge in [-0.25, -0.2) is 8.42 Å². The molecule has 9 heteroatoms. The second-order valence-electron chi connectivity index (χ2n) is 6.13. The van der Waals surface area contributed by atoms with E-state index >= 15 is 0 Å². The van der Waals surface area contributed by atoms with E-state index in [1.54, 1.807) is 12.1 Å². The van der Waals surface area contributed by atoms with Gasteiger partial charge in [-0.15, -0.1) is 10.2 Å². The van der Waals surface area contributed by atoms with E-state index in [1.807, 2.05) is 30.7 Å². The lowest BCUT2D eigenvalue weighted by Gasteiger charge is -2.11. The molecule has 0 saturated carbocycles. The minimum Gasteiger partial charge on any atom is -0.309 e. The third-order valence-corrected chi connectivity index (χ3v) is 7.68. The first kappa shape index (κ1) is 18.6. The van der Waals surface area contributed by atoms with Crippen molar-refractivity contribution < 1.29 is 13.2 Å². The molecule has 6 nitrogen and oxygen atoms in total. The van der Waals surface area contributed by atoms with Gasteiger partial charge in [0.1, 0.15) is 5.82 Å². The van der Waals surface area contributed by atoms with Crippen LogP contribution in [-0.4, -0.2) is 45.7 Å². The average Bonchev–Trinajstić information content (AvgIpc) is 3.10. The number of ketones is 1. The minimum absolute atomic E-state index is 0.0190. The fraction of sp³-hybridized carbons (Fsp3) is 0.438. The molecule has 1 aromatic heterocycles. The highest BCUT2D eigenvalue weighted by atomic mass is 79.9. The number of benzene rings is 1. The molecular formula is C16H18BrN3O3S2. The van der Waals surface area contributed by atoms with Crippen molar-refractivity contribution >= 4 is 43.3 Å². The molecule has 0 N–H and O–H groups in total. The molecule has 1 aliphatic heterocycles. The van der Waals surface area contributed by atoms with Crippen LogP contribution in [-0.2, 0) is 16.9 Å². The molecule has 2 aromatic rings. The van der Waals surface area contributed by atoms with Gasteiger partial charge in [0.2, 0.25) is 0 Å². The summed E-state index contributed by atoms with van der Waals surface area (Å²) in [7, 11) is -1.15. The molecule has 0 radical (unpaired) electrons. The molecular weight excluding hydrogens is 426 g/mol. The number of carbonyl (C=O) groups excluding carboxylic acids is 1. The topological polar surface area (TPSA) is 81.9 Å². The standard InChI is InChI=1S/C16H18BrN3O3S2/c1-10(14(21)11-3-5-13(17)6-4-11)24-16-19-18-15(20(16)2)12-7-8-25(22,23)9-12/h3-6,10,12H,7-9H2,1-2H3. The Bertz CT molecular complexity index is 894. The van der Waals surface area contributed by atoms with Gasteiger partial charge in [-0.3, -0.25) is 4.79 Å². The molecule has 1 saturated heterocycles. The van der Waals surface area contributed by atoms with Gasteiger partial charge in [0.25, 0.3) is 0 Å². The van der Waals surface area contributed by atoms with E-state index < -0.39 is 9.84 Å². The predicted octanol–water partition coefficient (Wildman–Crippen LogP) is 2.84. The second kappa shape index (κ2) is 7.20. The Labute approximate surface area is 159 Å². The molecule has 2 atom stereocenters. The molecule has 25 heavy (non-hydrogen) atoms. The van der Waals surface area contributed by atoms with E-state index in [2.05, 4.69) is 26.1 Å². The zero-order chi connectivity index (χ0) is 18.2. The lowest BCUT2D eigenvalue weighted by Crippen LogP contribution is -2.15. The number of rotatable bonds is 5. The number of Topliss-reactive ketones (excluding diaryl/α,β-unsaturated/α-hetero) is 1. The van der Waals surface area contributed by atoms with Gasteiger partial charge < -0.3 is 4.57 Å². The first-order valence-corrected chi connectivity index (χ1v) is 11.3. The maximum absolute atomic E-state index is 12.5. The van der Waals surface area contributed by atoms with Crippen molar-refractivity contribution in [2.45, 2.75) is 29.7 Å². The molecule has 1 fully saturated rings. The SMILES string of the molecule is CC(Sc1nnc(C2CCS(=O)(=O)C2)n1C)C(=O)c1ccc(Br)cc1. The Morgan fingerprint density at radius 2 is 2.00 bits per heavy atom. The third-order valence-electron chi connectivity index (χ3n) is 4.25. The van der Waals surface area contributed by atoms with Crippen molar-refractivity contribution in [3.05, 3.63) is 40.1 Å². The number of halogens is 1. The van der Waals surface area contributed by atoms with Gasteiger partial charge in [0, 0.05) is 23.0 Å². The van der Waals surface area contributed by atoms with Crippen LogP contribution in [0.3, 0.4) is 0 Å². The summed E-state index contributed by atoms with van der Waals surface area (Å²) in [5.41, 5.74) is 0.646. The van der Waals surface area contributed by atoms with Crippen LogP contribution in [0.2, 0.25) is 0 Å². The molecule has 2 heterocycles. The van der Waals surface area contributed by atoms with Crippen LogP contribution in [0.25, 0.3) is 0 Å². The molecule has 0 aliphatic carbocycles. The van der Waals surface area contributed by atoms with Crippen molar-refractivity contribution in [3.63, 3.8) is 0 Å². The lowest BCUT2D eigenvalue weighted by atomic mass is 10.1. The summed E-state index contributed by atoms with van der Waals surface area (Å²) >= 11 is 4.69. The zero-order valence-corrected chi connectivity index (χ0v) is 17.1. The molecule has 0 amide bonds. The first-order chi connectivity index (χ1) is 11.8. The van der Waals surface area contributed by atoms with Crippen LogP contribution in [0.1, 0.15) is 35.4 Å². The van der Waals surface area contributed by atoms with Gasteiger partial charge in [-0.05, 0) is 25.5 Å². The highest BCUT2D eigenvalue weighted by molar-refractivity contribution is 9.10. The van der Waals surface area contributed by atoms with E-state index in [1.165, 1.54) is 11.8 Å². The van der Waals surface area contributed by atoms with Crippen molar-refractivity contribution in [3.8, 4) is 0 Å². The Morgan fingerprint density at radius 1 is 1.32 bits per heavy atom. The van der Waals surface area contributed by atoms with E-state index in [0.717, 1.165) is 4.47 Å². The molecule has 2 unspecified atom stereocenters. The van der Waals surface area contributed by atoms with Crippen LogP contribution in [0, 0.1) is 0 Å². The predicted molar refractivity (Wildman–Crippen MR) is 101 cm³/mol. The van der Waals surface area contributed by atoms with Crippen LogP contribution in [0.15, 0.2) is 33.9 Å². The van der Waals surface area contributed by atoms with E-state index in [0.29, 0.717) is 23.0 Å². The van der Waals surface area contributed by atoms with E-state index in [-0.39, 0.29) is 28.5 Å². The van der Waals surface area contributed by atoms with Gasteiger partial charge in [-0.1, -0.05) is 39.8 Å². The Morgan fingerprint density at radius 3 is 2.60 bits per heavy atom. The van der Waals surface area contributed by atoms with Gasteiger partial charge >= 0.3 is 0 Å². The second-order valence-corrected chi connectivity index (χ2v) is 10.6. The van der Waals surface area contributed by atoms with E-state index in [4.69, 9.17) is 0 Å². The van der Waals surface area contributed by atoms with Gasteiger partial charge in [-0.2, -0.15) is 0 Å². The minimum atomic E-state index is -2.97. The summed E-state index contributed by atoms with van der Waals surface area (Å²) in [6.07, 6.45) is 0.576. The van der Waals surface area contributed by atoms with Crippen LogP contribution < -0.4 is 0 Å². The number of hydrogen-bond donors (Lipinski definition) is 0. The number of aromatic nitrogens is 3. The highest BCUT2D eigenvalue weighted by Gasteiger charge is 2.33. The first-order valence-electron chi connectivity index (χ1n) is 7.83. The van der Waals surface area contributed by atoms with Crippen LogP contribution in [0.4, 0.5) is 0 Å². The van der Waals surface area contributed by atoms with Crippen molar-refractivity contribution in [1.29, 1.82) is 0 Å².